The number of hydrogen-bond acceptors (Lipinski definition) is 2. The molecule has 3 aromatic rings. The fourth-order valence-electron chi connectivity index (χ4n) is 3.65. The van der Waals surface area contributed by atoms with Crippen molar-refractivity contribution in [1.82, 2.24) is 9.55 Å². The van der Waals surface area contributed by atoms with Crippen LogP contribution in [0.2, 0.25) is 5.02 Å². The Kier molecular flexibility index (Phi) is 3.77. The molecule has 0 amide bonds. The molecule has 0 bridgehead atoms. The van der Waals surface area contributed by atoms with E-state index >= 15 is 0 Å². The lowest BCUT2D eigenvalue weighted by Crippen LogP contribution is -2.28. The molecule has 25 heavy (non-hydrogen) atoms. The summed E-state index contributed by atoms with van der Waals surface area (Å²) in [5.74, 6) is 1.02. The van der Waals surface area contributed by atoms with E-state index in [0.29, 0.717) is 11.4 Å². The predicted molar refractivity (Wildman–Crippen MR) is 100 cm³/mol. The van der Waals surface area contributed by atoms with Gasteiger partial charge in [0.1, 0.15) is 5.82 Å². The van der Waals surface area contributed by atoms with Gasteiger partial charge in [-0.05, 0) is 41.7 Å². The van der Waals surface area contributed by atoms with Crippen molar-refractivity contribution in [3.63, 3.8) is 0 Å². The number of rotatable bonds is 2. The van der Waals surface area contributed by atoms with E-state index in [4.69, 9.17) is 11.6 Å². The third-order valence-electron chi connectivity index (χ3n) is 4.70. The number of nitrogens with zero attached hydrogens (tertiary/aromatic N) is 2. The SMILES string of the molecule is CC1(C)CC(=O)c2c(-c3cccc(Cl)c3)cn(-c3ccccn3)c2C1. The van der Waals surface area contributed by atoms with E-state index in [2.05, 4.69) is 23.4 Å². The molecule has 0 unspecified atom stereocenters. The minimum absolute atomic E-state index is 0.0550. The van der Waals surface area contributed by atoms with Gasteiger partial charge in [0.25, 0.3) is 0 Å². The zero-order valence-electron chi connectivity index (χ0n) is 14.3. The van der Waals surface area contributed by atoms with E-state index in [1.165, 1.54) is 0 Å². The Morgan fingerprint density at radius 1 is 1.12 bits per heavy atom. The van der Waals surface area contributed by atoms with Crippen LogP contribution < -0.4 is 0 Å². The zero-order chi connectivity index (χ0) is 17.6. The van der Waals surface area contributed by atoms with Gasteiger partial charge < -0.3 is 4.57 Å². The van der Waals surface area contributed by atoms with Gasteiger partial charge >= 0.3 is 0 Å². The van der Waals surface area contributed by atoms with Gasteiger partial charge in [-0.3, -0.25) is 4.79 Å². The zero-order valence-corrected chi connectivity index (χ0v) is 15.0. The van der Waals surface area contributed by atoms with Crippen LogP contribution in [0.4, 0.5) is 0 Å². The number of fused-ring (bicyclic) bond motifs is 1. The van der Waals surface area contributed by atoms with Crippen LogP contribution in [0.25, 0.3) is 16.9 Å². The molecule has 1 aromatic carbocycles. The number of pyridine rings is 1. The molecule has 1 aliphatic carbocycles. The van der Waals surface area contributed by atoms with Crippen LogP contribution >= 0.6 is 11.6 Å². The normalized spacial score (nSPS) is 15.9. The average Bonchev–Trinajstić information content (AvgIpc) is 2.94. The molecule has 0 aliphatic heterocycles. The Bertz CT molecular complexity index is 957. The molecule has 0 radical (unpaired) electrons. The first-order valence-corrected chi connectivity index (χ1v) is 8.77. The van der Waals surface area contributed by atoms with Crippen LogP contribution in [-0.4, -0.2) is 15.3 Å². The van der Waals surface area contributed by atoms with Gasteiger partial charge in [-0.1, -0.05) is 43.6 Å². The molecular weight excluding hydrogens is 332 g/mol. The number of benzene rings is 1. The number of carbonyl (C=O) groups is 1. The molecule has 2 heterocycles. The van der Waals surface area contributed by atoms with Gasteiger partial charge in [-0.25, -0.2) is 4.98 Å². The molecular formula is C21H19ClN2O. The molecule has 126 valence electrons. The smallest absolute Gasteiger partial charge is 0.165 e. The monoisotopic (exact) mass is 350 g/mol. The minimum Gasteiger partial charge on any atom is -0.304 e. The lowest BCUT2D eigenvalue weighted by Gasteiger charge is -2.30. The Morgan fingerprint density at radius 2 is 1.96 bits per heavy atom. The van der Waals surface area contributed by atoms with Crippen molar-refractivity contribution in [3.8, 4) is 16.9 Å². The van der Waals surface area contributed by atoms with Crippen molar-refractivity contribution >= 4 is 17.4 Å². The molecule has 0 spiro atoms. The van der Waals surface area contributed by atoms with Crippen LogP contribution in [0.15, 0.2) is 54.9 Å². The first-order chi connectivity index (χ1) is 11.9. The van der Waals surface area contributed by atoms with E-state index in [9.17, 15) is 4.79 Å². The third kappa shape index (κ3) is 2.89. The first-order valence-electron chi connectivity index (χ1n) is 8.39. The van der Waals surface area contributed by atoms with Crippen LogP contribution in [0.5, 0.6) is 0 Å². The Labute approximate surface area is 152 Å². The summed E-state index contributed by atoms with van der Waals surface area (Å²) >= 11 is 6.18. The highest BCUT2D eigenvalue weighted by molar-refractivity contribution is 6.30. The van der Waals surface area contributed by atoms with Crippen molar-refractivity contribution < 1.29 is 4.79 Å². The third-order valence-corrected chi connectivity index (χ3v) is 4.94. The van der Waals surface area contributed by atoms with E-state index in [1.54, 1.807) is 6.20 Å². The second-order valence-electron chi connectivity index (χ2n) is 7.37. The summed E-state index contributed by atoms with van der Waals surface area (Å²) in [6, 6.07) is 13.5. The molecule has 1 aliphatic rings. The number of halogens is 1. The van der Waals surface area contributed by atoms with Gasteiger partial charge in [0, 0.05) is 40.7 Å². The molecule has 4 heteroatoms. The van der Waals surface area contributed by atoms with Gasteiger partial charge in [0.15, 0.2) is 5.78 Å². The summed E-state index contributed by atoms with van der Waals surface area (Å²) < 4.78 is 2.06. The van der Waals surface area contributed by atoms with Crippen molar-refractivity contribution in [2.24, 2.45) is 5.41 Å². The highest BCUT2D eigenvalue weighted by Gasteiger charge is 2.36. The standard InChI is InChI=1S/C21H19ClN2O/c1-21(2)11-17-20(18(25)12-21)16(14-6-5-7-15(22)10-14)13-24(17)19-8-3-4-9-23-19/h3-10,13H,11-12H2,1-2H3. The van der Waals surface area contributed by atoms with Crippen LogP contribution in [0.3, 0.4) is 0 Å². The van der Waals surface area contributed by atoms with Crippen molar-refractivity contribution in [3.05, 3.63) is 71.1 Å². The fraction of sp³-hybridized carbons (Fsp3) is 0.238. The Balaban J connectivity index is 1.98. The van der Waals surface area contributed by atoms with Crippen LogP contribution in [0.1, 0.15) is 36.3 Å². The summed E-state index contributed by atoms with van der Waals surface area (Å²) in [6.45, 7) is 4.28. The Morgan fingerprint density at radius 3 is 2.68 bits per heavy atom. The summed E-state index contributed by atoms with van der Waals surface area (Å²) in [7, 11) is 0. The Hall–Kier alpha value is -2.39. The van der Waals surface area contributed by atoms with Crippen molar-refractivity contribution in [1.29, 1.82) is 0 Å². The molecule has 0 saturated carbocycles. The minimum atomic E-state index is -0.0550. The maximum Gasteiger partial charge on any atom is 0.165 e. The second kappa shape index (κ2) is 5.85. The van der Waals surface area contributed by atoms with Crippen molar-refractivity contribution in [2.75, 3.05) is 0 Å². The number of Topliss-reactive ketones (excluding diaryl/α,β-unsaturated/α-hetero) is 1. The maximum absolute atomic E-state index is 13.0. The van der Waals surface area contributed by atoms with E-state index in [0.717, 1.165) is 34.6 Å². The molecule has 0 saturated heterocycles. The number of ketones is 1. The summed E-state index contributed by atoms with van der Waals surface area (Å²) in [5.41, 5.74) is 3.69. The number of carbonyl (C=O) groups excluding carboxylic acids is 1. The largest absolute Gasteiger partial charge is 0.304 e. The number of aromatic nitrogens is 2. The molecule has 0 atom stereocenters. The molecule has 4 rings (SSSR count). The molecule has 3 nitrogen and oxygen atoms in total. The number of hydrogen-bond donors (Lipinski definition) is 0. The lowest BCUT2D eigenvalue weighted by molar-refractivity contribution is 0.0911. The van der Waals surface area contributed by atoms with Gasteiger partial charge in [0.05, 0.1) is 0 Å². The highest BCUT2D eigenvalue weighted by Crippen LogP contribution is 2.41. The highest BCUT2D eigenvalue weighted by atomic mass is 35.5. The van der Waals surface area contributed by atoms with E-state index in [1.807, 2.05) is 48.7 Å². The average molecular weight is 351 g/mol. The molecule has 0 N–H and O–H groups in total. The summed E-state index contributed by atoms with van der Waals surface area (Å²) in [6.07, 6.45) is 5.19. The topological polar surface area (TPSA) is 34.9 Å². The van der Waals surface area contributed by atoms with Crippen LogP contribution in [-0.2, 0) is 6.42 Å². The first kappa shape index (κ1) is 16.1. The quantitative estimate of drug-likeness (QED) is 0.624. The predicted octanol–water partition coefficient (Wildman–Crippen LogP) is 5.35. The van der Waals surface area contributed by atoms with E-state index < -0.39 is 0 Å². The van der Waals surface area contributed by atoms with E-state index in [-0.39, 0.29) is 11.2 Å². The molecule has 2 aromatic heterocycles. The lowest BCUT2D eigenvalue weighted by atomic mass is 9.75. The fourth-order valence-corrected chi connectivity index (χ4v) is 3.84. The van der Waals surface area contributed by atoms with Crippen molar-refractivity contribution in [2.45, 2.75) is 26.7 Å². The van der Waals surface area contributed by atoms with Gasteiger partial charge in [-0.2, -0.15) is 0 Å². The maximum atomic E-state index is 13.0. The van der Waals surface area contributed by atoms with Crippen LogP contribution in [0, 0.1) is 5.41 Å². The summed E-state index contributed by atoms with van der Waals surface area (Å²) in [4.78, 5) is 17.4. The summed E-state index contributed by atoms with van der Waals surface area (Å²) in [5, 5.41) is 0.667. The van der Waals surface area contributed by atoms with Gasteiger partial charge in [-0.15, -0.1) is 0 Å². The molecule has 0 fully saturated rings. The second-order valence-corrected chi connectivity index (χ2v) is 7.81. The van der Waals surface area contributed by atoms with Gasteiger partial charge in [0.2, 0.25) is 0 Å².